The lowest BCUT2D eigenvalue weighted by Crippen LogP contribution is -2.38. The minimum Gasteiger partial charge on any atom is -0.482 e. The molecule has 0 spiro atoms. The Bertz CT molecular complexity index is 426. The van der Waals surface area contributed by atoms with Crippen LogP contribution in [0.5, 0.6) is 5.75 Å². The summed E-state index contributed by atoms with van der Waals surface area (Å²) in [4.78, 5) is 11.7. The van der Waals surface area contributed by atoms with E-state index in [9.17, 15) is 4.79 Å². The van der Waals surface area contributed by atoms with Crippen LogP contribution in [-0.4, -0.2) is 30.3 Å². The third-order valence-electron chi connectivity index (χ3n) is 2.59. The van der Waals surface area contributed by atoms with Crippen molar-refractivity contribution in [2.24, 2.45) is 0 Å². The number of carbonyl (C=O) groups excluding carboxylic acids is 1. The second-order valence-corrected chi connectivity index (χ2v) is 4.89. The van der Waals surface area contributed by atoms with E-state index in [1.165, 1.54) is 0 Å². The molecule has 0 fully saturated rings. The van der Waals surface area contributed by atoms with Crippen molar-refractivity contribution in [3.63, 3.8) is 0 Å². The molecule has 1 amide bonds. The van der Waals surface area contributed by atoms with Gasteiger partial charge in [0, 0.05) is 23.7 Å². The topological polar surface area (TPSA) is 58.6 Å². The van der Waals surface area contributed by atoms with Crippen LogP contribution in [0.2, 0.25) is 10.0 Å². The molecule has 0 aliphatic rings. The molecule has 0 radical (unpaired) electrons. The third kappa shape index (κ3) is 5.68. The van der Waals surface area contributed by atoms with Crippen molar-refractivity contribution in [1.82, 2.24) is 5.32 Å². The summed E-state index contributed by atoms with van der Waals surface area (Å²) in [5.74, 6) is 0.121. The first-order valence-electron chi connectivity index (χ1n) is 6.04. The Hall–Kier alpha value is -0.970. The Kier molecular flexibility index (Phi) is 6.99. The van der Waals surface area contributed by atoms with Gasteiger partial charge in [0.2, 0.25) is 0 Å². The molecule has 2 N–H and O–H groups in total. The van der Waals surface area contributed by atoms with Gasteiger partial charge in [0.15, 0.2) is 6.61 Å². The maximum atomic E-state index is 11.7. The number of nitrogens with one attached hydrogen (secondary N) is 1. The molecule has 0 aliphatic carbocycles. The molecule has 1 aromatic rings. The minimum atomic E-state index is -0.253. The first-order chi connectivity index (χ1) is 9.06. The summed E-state index contributed by atoms with van der Waals surface area (Å²) in [7, 11) is 0. The lowest BCUT2D eigenvalue weighted by atomic mass is 10.1. The number of hydrogen-bond donors (Lipinski definition) is 2. The summed E-state index contributed by atoms with van der Waals surface area (Å²) in [6.07, 6.45) is 1.28. The first-order valence-corrected chi connectivity index (χ1v) is 6.80. The molecule has 0 bridgehead atoms. The van der Waals surface area contributed by atoms with Gasteiger partial charge in [-0.05, 0) is 25.0 Å². The SMILES string of the molecule is CCC(CCO)NC(=O)COc1cc(Cl)ccc1Cl. The number of benzene rings is 1. The lowest BCUT2D eigenvalue weighted by Gasteiger charge is -2.16. The van der Waals surface area contributed by atoms with Gasteiger partial charge in [-0.1, -0.05) is 30.1 Å². The number of ether oxygens (including phenoxy) is 1. The van der Waals surface area contributed by atoms with Gasteiger partial charge < -0.3 is 15.2 Å². The predicted molar refractivity (Wildman–Crippen MR) is 75.9 cm³/mol. The summed E-state index contributed by atoms with van der Waals surface area (Å²) < 4.78 is 5.31. The van der Waals surface area contributed by atoms with Crippen molar-refractivity contribution in [3.05, 3.63) is 28.2 Å². The molecule has 0 saturated heterocycles. The zero-order valence-corrected chi connectivity index (χ0v) is 12.2. The van der Waals surface area contributed by atoms with E-state index in [0.29, 0.717) is 22.2 Å². The Balaban J connectivity index is 2.47. The van der Waals surface area contributed by atoms with Crippen LogP contribution in [0.25, 0.3) is 0 Å². The van der Waals surface area contributed by atoms with Crippen LogP contribution < -0.4 is 10.1 Å². The van der Waals surface area contributed by atoms with Gasteiger partial charge in [-0.25, -0.2) is 0 Å². The molecule has 6 heteroatoms. The molecule has 106 valence electrons. The van der Waals surface area contributed by atoms with Gasteiger partial charge in [-0.3, -0.25) is 4.79 Å². The molecule has 19 heavy (non-hydrogen) atoms. The van der Waals surface area contributed by atoms with Crippen molar-refractivity contribution >= 4 is 29.1 Å². The van der Waals surface area contributed by atoms with Crippen LogP contribution in [0.1, 0.15) is 19.8 Å². The number of halogens is 2. The number of aliphatic hydroxyl groups excluding tert-OH is 1. The van der Waals surface area contributed by atoms with Crippen molar-refractivity contribution < 1.29 is 14.6 Å². The Morgan fingerprint density at radius 3 is 2.84 bits per heavy atom. The standard InChI is InChI=1S/C13H17Cl2NO3/c1-2-10(5-6-17)16-13(18)8-19-12-7-9(14)3-4-11(12)15/h3-4,7,10,17H,2,5-6,8H2,1H3,(H,16,18). The molecule has 1 aromatic carbocycles. The zero-order chi connectivity index (χ0) is 14.3. The predicted octanol–water partition coefficient (Wildman–Crippen LogP) is 2.65. The molecule has 0 aromatic heterocycles. The molecular formula is C13H17Cl2NO3. The van der Waals surface area contributed by atoms with Gasteiger partial charge in [0.05, 0.1) is 5.02 Å². The van der Waals surface area contributed by atoms with E-state index in [2.05, 4.69) is 5.32 Å². The quantitative estimate of drug-likeness (QED) is 0.814. The maximum absolute atomic E-state index is 11.7. The van der Waals surface area contributed by atoms with Gasteiger partial charge >= 0.3 is 0 Å². The normalized spacial score (nSPS) is 12.0. The van der Waals surface area contributed by atoms with Crippen LogP contribution in [0.4, 0.5) is 0 Å². The maximum Gasteiger partial charge on any atom is 0.258 e. The van der Waals surface area contributed by atoms with E-state index < -0.39 is 0 Å². The van der Waals surface area contributed by atoms with Crippen molar-refractivity contribution in [2.75, 3.05) is 13.2 Å². The van der Waals surface area contributed by atoms with E-state index in [1.807, 2.05) is 6.92 Å². The van der Waals surface area contributed by atoms with Crippen LogP contribution in [0.15, 0.2) is 18.2 Å². The molecule has 1 atom stereocenters. The molecule has 1 rings (SSSR count). The van der Waals surface area contributed by atoms with Gasteiger partial charge in [0.25, 0.3) is 5.91 Å². The number of hydrogen-bond acceptors (Lipinski definition) is 3. The highest BCUT2D eigenvalue weighted by molar-refractivity contribution is 6.34. The summed E-state index contributed by atoms with van der Waals surface area (Å²) >= 11 is 11.7. The van der Waals surface area contributed by atoms with Crippen molar-refractivity contribution in [1.29, 1.82) is 0 Å². The van der Waals surface area contributed by atoms with Crippen molar-refractivity contribution in [2.45, 2.75) is 25.8 Å². The largest absolute Gasteiger partial charge is 0.482 e. The van der Waals surface area contributed by atoms with Crippen LogP contribution in [0.3, 0.4) is 0 Å². The Morgan fingerprint density at radius 1 is 1.47 bits per heavy atom. The zero-order valence-electron chi connectivity index (χ0n) is 10.7. The number of amides is 1. The monoisotopic (exact) mass is 305 g/mol. The van der Waals surface area contributed by atoms with E-state index in [4.69, 9.17) is 33.0 Å². The second kappa shape index (κ2) is 8.25. The average Bonchev–Trinajstić information content (AvgIpc) is 2.39. The minimum absolute atomic E-state index is 0.0414. The number of aliphatic hydroxyl groups is 1. The summed E-state index contributed by atoms with van der Waals surface area (Å²) in [6, 6.07) is 4.77. The van der Waals surface area contributed by atoms with Gasteiger partial charge in [-0.15, -0.1) is 0 Å². The summed E-state index contributed by atoms with van der Waals surface area (Å²) in [5.41, 5.74) is 0. The van der Waals surface area contributed by atoms with Crippen LogP contribution >= 0.6 is 23.2 Å². The number of rotatable bonds is 7. The summed E-state index contributed by atoms with van der Waals surface area (Å²) in [5, 5.41) is 12.5. The second-order valence-electron chi connectivity index (χ2n) is 4.05. The molecule has 4 nitrogen and oxygen atoms in total. The van der Waals surface area contributed by atoms with Gasteiger partial charge in [-0.2, -0.15) is 0 Å². The molecule has 0 aliphatic heterocycles. The molecule has 0 saturated carbocycles. The molecular weight excluding hydrogens is 289 g/mol. The van der Waals surface area contributed by atoms with E-state index in [0.717, 1.165) is 6.42 Å². The van der Waals surface area contributed by atoms with E-state index in [-0.39, 0.29) is 25.2 Å². The highest BCUT2D eigenvalue weighted by Gasteiger charge is 2.11. The fourth-order valence-electron chi connectivity index (χ4n) is 1.53. The summed E-state index contributed by atoms with van der Waals surface area (Å²) in [6.45, 7) is 1.84. The fourth-order valence-corrected chi connectivity index (χ4v) is 1.87. The van der Waals surface area contributed by atoms with Gasteiger partial charge in [0.1, 0.15) is 5.75 Å². The molecule has 0 heterocycles. The van der Waals surface area contributed by atoms with Crippen molar-refractivity contribution in [3.8, 4) is 5.75 Å². The smallest absolute Gasteiger partial charge is 0.258 e. The Morgan fingerprint density at radius 2 is 2.21 bits per heavy atom. The van der Waals surface area contributed by atoms with E-state index in [1.54, 1.807) is 18.2 Å². The molecule has 1 unspecified atom stereocenters. The van der Waals surface area contributed by atoms with Crippen LogP contribution in [0, 0.1) is 0 Å². The third-order valence-corrected chi connectivity index (χ3v) is 3.13. The first kappa shape index (κ1) is 16.1. The highest BCUT2D eigenvalue weighted by Crippen LogP contribution is 2.27. The van der Waals surface area contributed by atoms with E-state index >= 15 is 0 Å². The highest BCUT2D eigenvalue weighted by atomic mass is 35.5. The fraction of sp³-hybridized carbons (Fsp3) is 0.462. The lowest BCUT2D eigenvalue weighted by molar-refractivity contribution is -0.123. The Labute approximate surface area is 122 Å². The number of carbonyl (C=O) groups is 1. The van der Waals surface area contributed by atoms with Crippen LogP contribution in [-0.2, 0) is 4.79 Å². The average molecular weight is 306 g/mol.